The van der Waals surface area contributed by atoms with Crippen molar-refractivity contribution in [2.75, 3.05) is 6.54 Å². The lowest BCUT2D eigenvalue weighted by Gasteiger charge is -2.04. The molecule has 134 valence electrons. The molecule has 0 aliphatic carbocycles. The highest BCUT2D eigenvalue weighted by Crippen LogP contribution is 2.13. The standard InChI is InChI=1S/C20H37N2.HI/c1-3-4-5-6-7-8-9-10-11-12-13-14-15-16-17-22-18-20(2)21-19-22;/h18H,3-17H2,1-2H3;1H/q+1;/p-1. The summed E-state index contributed by atoms with van der Waals surface area (Å²) in [5.41, 5.74) is 1.07. The number of halogens is 1. The van der Waals surface area contributed by atoms with E-state index in [4.69, 9.17) is 0 Å². The van der Waals surface area contributed by atoms with Crippen LogP contribution in [0, 0.1) is 0 Å². The van der Waals surface area contributed by atoms with Gasteiger partial charge in [-0.3, -0.25) is 0 Å². The van der Waals surface area contributed by atoms with Crippen LogP contribution in [0.15, 0.2) is 16.9 Å². The summed E-state index contributed by atoms with van der Waals surface area (Å²) in [4.78, 5) is 6.23. The first-order valence-corrected chi connectivity index (χ1v) is 9.74. The van der Waals surface area contributed by atoms with Crippen molar-refractivity contribution in [3.63, 3.8) is 0 Å². The van der Waals surface area contributed by atoms with Crippen LogP contribution in [0.3, 0.4) is 0 Å². The molecule has 3 heteroatoms. The number of hydrogen-bond acceptors (Lipinski definition) is 2. The van der Waals surface area contributed by atoms with Crippen molar-refractivity contribution in [2.45, 2.75) is 104 Å². The number of rotatable bonds is 15. The molecule has 0 fully saturated rings. The van der Waals surface area contributed by atoms with E-state index in [0.29, 0.717) is 0 Å². The SMILES string of the molecule is CCCCCCCCCCCCCCCCN1[C+]=NC(C)=C1.[I-]. The largest absolute Gasteiger partial charge is 1.00 e. The minimum atomic E-state index is 0. The Balaban J connectivity index is 0.00000484. The molecule has 1 aliphatic rings. The second kappa shape index (κ2) is 16.7. The van der Waals surface area contributed by atoms with Crippen LogP contribution < -0.4 is 24.0 Å². The molecule has 0 saturated carbocycles. The first-order valence-electron chi connectivity index (χ1n) is 9.74. The molecule has 0 spiro atoms. The zero-order chi connectivity index (χ0) is 15.9. The van der Waals surface area contributed by atoms with Gasteiger partial charge in [0.15, 0.2) is 6.20 Å². The van der Waals surface area contributed by atoms with Gasteiger partial charge in [-0.15, -0.1) is 0 Å². The van der Waals surface area contributed by atoms with Crippen molar-refractivity contribution >= 4 is 6.34 Å². The molecule has 0 radical (unpaired) electrons. The van der Waals surface area contributed by atoms with Gasteiger partial charge >= 0.3 is 0 Å². The molecule has 0 amide bonds. The maximum absolute atomic E-state index is 4.14. The van der Waals surface area contributed by atoms with Crippen LogP contribution in [-0.4, -0.2) is 17.8 Å². The molecule has 0 N–H and O–H groups in total. The molecule has 0 saturated heterocycles. The summed E-state index contributed by atoms with van der Waals surface area (Å²) in [5, 5.41) is 0. The lowest BCUT2D eigenvalue weighted by Crippen LogP contribution is -3.00. The lowest BCUT2D eigenvalue weighted by atomic mass is 10.0. The third kappa shape index (κ3) is 13.9. The summed E-state index contributed by atoms with van der Waals surface area (Å²) in [7, 11) is 0. The molecule has 2 nitrogen and oxygen atoms in total. The molecule has 0 aromatic heterocycles. The van der Waals surface area contributed by atoms with E-state index in [0.717, 1.165) is 12.2 Å². The van der Waals surface area contributed by atoms with E-state index >= 15 is 0 Å². The molecule has 0 bridgehead atoms. The van der Waals surface area contributed by atoms with Gasteiger partial charge in [0.25, 0.3) is 6.34 Å². The van der Waals surface area contributed by atoms with Crippen molar-refractivity contribution in [3.8, 4) is 0 Å². The van der Waals surface area contributed by atoms with Gasteiger partial charge in [0.2, 0.25) is 5.70 Å². The van der Waals surface area contributed by atoms with Gasteiger partial charge in [0.1, 0.15) is 0 Å². The monoisotopic (exact) mass is 432 g/mol. The average Bonchev–Trinajstić information content (AvgIpc) is 2.93. The van der Waals surface area contributed by atoms with E-state index in [1.165, 1.54) is 89.9 Å². The van der Waals surface area contributed by atoms with Gasteiger partial charge in [0.05, 0.1) is 6.54 Å². The maximum Gasteiger partial charge on any atom is 0.255 e. The Labute approximate surface area is 162 Å². The van der Waals surface area contributed by atoms with Gasteiger partial charge < -0.3 is 24.0 Å². The van der Waals surface area contributed by atoms with E-state index < -0.39 is 0 Å². The zero-order valence-electron chi connectivity index (χ0n) is 15.5. The summed E-state index contributed by atoms with van der Waals surface area (Å²) < 4.78 is 0. The highest BCUT2D eigenvalue weighted by atomic mass is 127. The summed E-state index contributed by atoms with van der Waals surface area (Å²) in [6.07, 6.45) is 25.0. The van der Waals surface area contributed by atoms with Crippen molar-refractivity contribution in [1.82, 2.24) is 4.90 Å². The van der Waals surface area contributed by atoms with E-state index in [1.54, 1.807) is 0 Å². The quantitative estimate of drug-likeness (QED) is 0.220. The summed E-state index contributed by atoms with van der Waals surface area (Å²) in [6, 6.07) is 0. The Kier molecular flexibility index (Phi) is 16.6. The Morgan fingerprint density at radius 2 is 1.22 bits per heavy atom. The smallest absolute Gasteiger partial charge is 0.255 e. The van der Waals surface area contributed by atoms with Crippen LogP contribution in [-0.2, 0) is 0 Å². The maximum atomic E-state index is 4.14. The van der Waals surface area contributed by atoms with Crippen LogP contribution in [0.5, 0.6) is 0 Å². The van der Waals surface area contributed by atoms with Crippen LogP contribution in [0.2, 0.25) is 0 Å². The van der Waals surface area contributed by atoms with Gasteiger partial charge in [-0.25, -0.2) is 0 Å². The van der Waals surface area contributed by atoms with Crippen molar-refractivity contribution in [2.24, 2.45) is 4.99 Å². The molecule has 0 atom stereocenters. The highest BCUT2D eigenvalue weighted by Gasteiger charge is 2.14. The zero-order valence-corrected chi connectivity index (χ0v) is 17.6. The van der Waals surface area contributed by atoms with Gasteiger partial charge in [-0.05, 0) is 11.4 Å². The average molecular weight is 432 g/mol. The van der Waals surface area contributed by atoms with E-state index in [9.17, 15) is 0 Å². The molecule has 0 unspecified atom stereocenters. The second-order valence-corrected chi connectivity index (χ2v) is 6.77. The molecule has 0 aromatic rings. The number of aliphatic imine (C=N–C) groups is 1. The second-order valence-electron chi connectivity index (χ2n) is 6.77. The Hall–Kier alpha value is -0.150. The van der Waals surface area contributed by atoms with Gasteiger partial charge in [-0.1, -0.05) is 90.4 Å². The highest BCUT2D eigenvalue weighted by molar-refractivity contribution is 5.61. The molecule has 1 aliphatic heterocycles. The van der Waals surface area contributed by atoms with Crippen LogP contribution in [0.4, 0.5) is 0 Å². The Morgan fingerprint density at radius 3 is 1.61 bits per heavy atom. The summed E-state index contributed by atoms with van der Waals surface area (Å²) in [6.45, 7) is 5.40. The lowest BCUT2D eigenvalue weighted by molar-refractivity contribution is -0.00000494. The van der Waals surface area contributed by atoms with E-state index in [1.807, 2.05) is 6.92 Å². The predicted octanol–water partition coefficient (Wildman–Crippen LogP) is 3.55. The topological polar surface area (TPSA) is 15.6 Å². The third-order valence-corrected chi connectivity index (χ3v) is 4.45. The number of hydrogen-bond donors (Lipinski definition) is 0. The fourth-order valence-electron chi connectivity index (χ4n) is 3.02. The number of allylic oxidation sites excluding steroid dienone is 1. The molecular weight excluding hydrogens is 395 g/mol. The van der Waals surface area contributed by atoms with Crippen LogP contribution >= 0.6 is 0 Å². The molecule has 0 aromatic carbocycles. The predicted molar refractivity (Wildman–Crippen MR) is 98.2 cm³/mol. The van der Waals surface area contributed by atoms with Crippen molar-refractivity contribution in [1.29, 1.82) is 0 Å². The van der Waals surface area contributed by atoms with E-state index in [-0.39, 0.29) is 24.0 Å². The van der Waals surface area contributed by atoms with Crippen molar-refractivity contribution in [3.05, 3.63) is 11.9 Å². The first-order chi connectivity index (χ1) is 10.8. The van der Waals surface area contributed by atoms with E-state index in [2.05, 4.69) is 29.4 Å². The Bertz CT molecular complexity index is 313. The minimum absolute atomic E-state index is 0. The van der Waals surface area contributed by atoms with Crippen molar-refractivity contribution < 1.29 is 24.0 Å². The van der Waals surface area contributed by atoms with Crippen LogP contribution in [0.1, 0.15) is 104 Å². The molecule has 23 heavy (non-hydrogen) atoms. The minimum Gasteiger partial charge on any atom is -1.00 e. The number of unbranched alkanes of at least 4 members (excludes halogenated alkanes) is 13. The fourth-order valence-corrected chi connectivity index (χ4v) is 3.02. The summed E-state index contributed by atoms with van der Waals surface area (Å²) >= 11 is 0. The normalized spacial score (nSPS) is 13.0. The fraction of sp³-hybridized carbons (Fsp3) is 0.850. The number of nitrogens with zero attached hydrogens (tertiary/aromatic N) is 2. The Morgan fingerprint density at radius 1 is 0.783 bits per heavy atom. The van der Waals surface area contributed by atoms with Gasteiger partial charge in [-0.2, -0.15) is 4.90 Å². The first kappa shape index (κ1) is 22.9. The van der Waals surface area contributed by atoms with Crippen LogP contribution in [0.25, 0.3) is 0 Å². The van der Waals surface area contributed by atoms with Gasteiger partial charge in [0, 0.05) is 6.92 Å². The molecule has 1 heterocycles. The molecular formula is C20H37IN2. The molecule has 1 rings (SSSR count). The summed E-state index contributed by atoms with van der Waals surface area (Å²) in [5.74, 6) is 0. The third-order valence-electron chi connectivity index (χ3n) is 4.45.